The minimum atomic E-state index is -3.34. The van der Waals surface area contributed by atoms with E-state index in [0.29, 0.717) is 0 Å². The van der Waals surface area contributed by atoms with Crippen LogP contribution in [0.5, 0.6) is 0 Å². The molecule has 0 saturated carbocycles. The SMILES string of the molecule is C#CCN(C)S(=O)(=O)CCCC(=O)OC. The molecule has 5 nitrogen and oxygen atoms in total. The van der Waals surface area contributed by atoms with Crippen LogP contribution in [0.3, 0.4) is 0 Å². The second-order valence-electron chi connectivity index (χ2n) is 2.96. The van der Waals surface area contributed by atoms with Crippen LogP contribution in [0, 0.1) is 12.3 Å². The van der Waals surface area contributed by atoms with Gasteiger partial charge in [0.2, 0.25) is 10.0 Å². The molecule has 0 aliphatic heterocycles. The highest BCUT2D eigenvalue weighted by molar-refractivity contribution is 7.89. The van der Waals surface area contributed by atoms with Gasteiger partial charge in [0.15, 0.2) is 0 Å². The van der Waals surface area contributed by atoms with Gasteiger partial charge in [-0.15, -0.1) is 6.42 Å². The minimum Gasteiger partial charge on any atom is -0.469 e. The van der Waals surface area contributed by atoms with Crippen molar-refractivity contribution in [1.29, 1.82) is 0 Å². The van der Waals surface area contributed by atoms with Crippen molar-refractivity contribution in [3.63, 3.8) is 0 Å². The van der Waals surface area contributed by atoms with E-state index in [1.165, 1.54) is 14.2 Å². The van der Waals surface area contributed by atoms with Gasteiger partial charge in [0.05, 0.1) is 19.4 Å². The van der Waals surface area contributed by atoms with E-state index < -0.39 is 16.0 Å². The van der Waals surface area contributed by atoms with Crippen LogP contribution in [-0.4, -0.2) is 45.1 Å². The second kappa shape index (κ2) is 6.43. The fourth-order valence-electron chi connectivity index (χ4n) is 0.884. The summed E-state index contributed by atoms with van der Waals surface area (Å²) in [6.45, 7) is 0.0422. The molecule has 0 heterocycles. The summed E-state index contributed by atoms with van der Waals surface area (Å²) in [5.74, 6) is 1.73. The van der Waals surface area contributed by atoms with Crippen molar-refractivity contribution in [2.24, 2.45) is 0 Å². The number of terminal acetylenes is 1. The molecule has 0 aromatic carbocycles. The largest absolute Gasteiger partial charge is 0.469 e. The summed E-state index contributed by atoms with van der Waals surface area (Å²) >= 11 is 0. The van der Waals surface area contributed by atoms with Crippen LogP contribution in [0.4, 0.5) is 0 Å². The molecule has 0 radical (unpaired) electrons. The van der Waals surface area contributed by atoms with Gasteiger partial charge in [-0.25, -0.2) is 8.42 Å². The van der Waals surface area contributed by atoms with Crippen molar-refractivity contribution >= 4 is 16.0 Å². The number of nitrogens with zero attached hydrogens (tertiary/aromatic N) is 1. The van der Waals surface area contributed by atoms with Crippen molar-refractivity contribution in [3.05, 3.63) is 0 Å². The monoisotopic (exact) mass is 233 g/mol. The molecule has 0 aromatic heterocycles. The summed E-state index contributed by atoms with van der Waals surface area (Å²) in [5, 5.41) is 0. The van der Waals surface area contributed by atoms with Crippen LogP contribution in [0.1, 0.15) is 12.8 Å². The van der Waals surface area contributed by atoms with Crippen LogP contribution < -0.4 is 0 Å². The summed E-state index contributed by atoms with van der Waals surface area (Å²) in [6.07, 6.45) is 5.33. The Bertz CT molecular complexity index is 342. The van der Waals surface area contributed by atoms with E-state index in [-0.39, 0.29) is 25.1 Å². The fourth-order valence-corrected chi connectivity index (χ4v) is 1.98. The topological polar surface area (TPSA) is 63.7 Å². The maximum atomic E-state index is 11.5. The van der Waals surface area contributed by atoms with Crippen LogP contribution in [0.25, 0.3) is 0 Å². The third-order valence-electron chi connectivity index (χ3n) is 1.80. The van der Waals surface area contributed by atoms with Crippen LogP contribution in [0.15, 0.2) is 0 Å². The summed E-state index contributed by atoms with van der Waals surface area (Å²) in [5.41, 5.74) is 0. The number of esters is 1. The number of ether oxygens (including phenoxy) is 1. The zero-order valence-corrected chi connectivity index (χ0v) is 9.71. The first kappa shape index (κ1) is 13.9. The Hall–Kier alpha value is -1.06. The Balaban J connectivity index is 4.06. The molecule has 15 heavy (non-hydrogen) atoms. The molecular formula is C9H15NO4S. The van der Waals surface area contributed by atoms with Crippen molar-refractivity contribution in [1.82, 2.24) is 4.31 Å². The maximum absolute atomic E-state index is 11.5. The normalized spacial score (nSPS) is 11.1. The van der Waals surface area contributed by atoms with Crippen LogP contribution in [0.2, 0.25) is 0 Å². The molecule has 0 aliphatic carbocycles. The molecule has 0 atom stereocenters. The van der Waals surface area contributed by atoms with Gasteiger partial charge in [0.1, 0.15) is 0 Å². The third kappa shape index (κ3) is 5.40. The molecule has 0 unspecified atom stereocenters. The van der Waals surface area contributed by atoms with Crippen molar-refractivity contribution in [3.8, 4) is 12.3 Å². The van der Waals surface area contributed by atoms with Crippen LogP contribution >= 0.6 is 0 Å². The Morgan fingerprint density at radius 3 is 2.60 bits per heavy atom. The predicted octanol–water partition coefficient (Wildman–Crippen LogP) is -0.166. The molecule has 0 N–H and O–H groups in total. The molecular weight excluding hydrogens is 218 g/mol. The Morgan fingerprint density at radius 1 is 1.53 bits per heavy atom. The van der Waals surface area contributed by atoms with Crippen molar-refractivity contribution in [2.75, 3.05) is 26.5 Å². The smallest absolute Gasteiger partial charge is 0.305 e. The van der Waals surface area contributed by atoms with Gasteiger partial charge in [0.25, 0.3) is 0 Å². The van der Waals surface area contributed by atoms with Gasteiger partial charge < -0.3 is 4.74 Å². The fraction of sp³-hybridized carbons (Fsp3) is 0.667. The third-order valence-corrected chi connectivity index (χ3v) is 3.68. The van der Waals surface area contributed by atoms with Gasteiger partial charge in [-0.2, -0.15) is 4.31 Å². The summed E-state index contributed by atoms with van der Waals surface area (Å²) in [7, 11) is -0.668. The Morgan fingerprint density at radius 2 is 2.13 bits per heavy atom. The molecule has 0 aliphatic rings. The second-order valence-corrected chi connectivity index (χ2v) is 5.15. The van der Waals surface area contributed by atoms with E-state index in [4.69, 9.17) is 6.42 Å². The molecule has 6 heteroatoms. The van der Waals surface area contributed by atoms with Gasteiger partial charge in [-0.05, 0) is 6.42 Å². The molecule has 0 fully saturated rings. The van der Waals surface area contributed by atoms with E-state index in [1.54, 1.807) is 0 Å². The van der Waals surface area contributed by atoms with Gasteiger partial charge >= 0.3 is 5.97 Å². The first-order valence-electron chi connectivity index (χ1n) is 4.38. The highest BCUT2D eigenvalue weighted by Crippen LogP contribution is 2.02. The standard InChI is InChI=1S/C9H15NO4S/c1-4-7-10(2)15(12,13)8-5-6-9(11)14-3/h1H,5-8H2,2-3H3. The molecule has 0 bridgehead atoms. The number of rotatable bonds is 6. The minimum absolute atomic E-state index is 0.0422. The highest BCUT2D eigenvalue weighted by atomic mass is 32.2. The summed E-state index contributed by atoms with van der Waals surface area (Å²) in [4.78, 5) is 10.7. The van der Waals surface area contributed by atoms with Gasteiger partial charge in [0, 0.05) is 13.5 Å². The number of hydrogen-bond acceptors (Lipinski definition) is 4. The molecule has 0 amide bonds. The number of hydrogen-bond donors (Lipinski definition) is 0. The predicted molar refractivity (Wildman–Crippen MR) is 56.5 cm³/mol. The van der Waals surface area contributed by atoms with E-state index in [9.17, 15) is 13.2 Å². The lowest BCUT2D eigenvalue weighted by molar-refractivity contribution is -0.140. The first-order valence-corrected chi connectivity index (χ1v) is 5.99. The van der Waals surface area contributed by atoms with E-state index >= 15 is 0 Å². The summed E-state index contributed by atoms with van der Waals surface area (Å²) < 4.78 is 28.4. The zero-order chi connectivity index (χ0) is 11.9. The Kier molecular flexibility index (Phi) is 5.97. The van der Waals surface area contributed by atoms with E-state index in [2.05, 4.69) is 10.7 Å². The highest BCUT2D eigenvalue weighted by Gasteiger charge is 2.16. The number of methoxy groups -OCH3 is 1. The number of carbonyl (C=O) groups is 1. The molecule has 0 rings (SSSR count). The van der Waals surface area contributed by atoms with Gasteiger partial charge in [-0.1, -0.05) is 5.92 Å². The van der Waals surface area contributed by atoms with E-state index in [1.807, 2.05) is 0 Å². The average molecular weight is 233 g/mol. The number of sulfonamides is 1. The molecule has 0 saturated heterocycles. The quantitative estimate of drug-likeness (QED) is 0.472. The van der Waals surface area contributed by atoms with Gasteiger partial charge in [-0.3, -0.25) is 4.79 Å². The zero-order valence-electron chi connectivity index (χ0n) is 8.89. The average Bonchev–Trinajstić information content (AvgIpc) is 2.17. The molecule has 0 aromatic rings. The number of carbonyl (C=O) groups excluding carboxylic acids is 1. The van der Waals surface area contributed by atoms with Crippen molar-refractivity contribution in [2.45, 2.75) is 12.8 Å². The lowest BCUT2D eigenvalue weighted by Crippen LogP contribution is -2.29. The lowest BCUT2D eigenvalue weighted by Gasteiger charge is -2.13. The maximum Gasteiger partial charge on any atom is 0.305 e. The lowest BCUT2D eigenvalue weighted by atomic mass is 10.3. The molecule has 0 spiro atoms. The summed E-state index contributed by atoms with van der Waals surface area (Å²) in [6, 6.07) is 0. The van der Waals surface area contributed by atoms with Crippen LogP contribution in [-0.2, 0) is 19.6 Å². The van der Waals surface area contributed by atoms with E-state index in [0.717, 1.165) is 4.31 Å². The van der Waals surface area contributed by atoms with Crippen molar-refractivity contribution < 1.29 is 17.9 Å². The molecule has 86 valence electrons. The Labute approximate surface area is 90.5 Å². The first-order chi connectivity index (χ1) is 6.94.